The fourth-order valence-electron chi connectivity index (χ4n) is 1.94. The third-order valence-corrected chi connectivity index (χ3v) is 3.45. The van der Waals surface area contributed by atoms with E-state index in [1.165, 1.54) is 12.1 Å². The van der Waals surface area contributed by atoms with Crippen molar-refractivity contribution < 1.29 is 10.2 Å². The fraction of sp³-hybridized carbons (Fsp3) is 0.133. The maximum Gasteiger partial charge on any atom is 0.124 e. The maximum atomic E-state index is 9.85. The molecule has 1 unspecified atom stereocenters. The molecule has 0 fully saturated rings. The van der Waals surface area contributed by atoms with Crippen LogP contribution in [0.15, 0.2) is 40.9 Å². The Morgan fingerprint density at radius 3 is 2.60 bits per heavy atom. The minimum atomic E-state index is -0.211. The summed E-state index contributed by atoms with van der Waals surface area (Å²) in [6.45, 7) is 1.87. The van der Waals surface area contributed by atoms with Gasteiger partial charge in [-0.25, -0.2) is 0 Å². The minimum Gasteiger partial charge on any atom is -0.508 e. The number of rotatable bonds is 3. The van der Waals surface area contributed by atoms with Crippen molar-refractivity contribution in [1.29, 1.82) is 5.26 Å². The van der Waals surface area contributed by atoms with Crippen molar-refractivity contribution in [2.24, 2.45) is 0 Å². The van der Waals surface area contributed by atoms with Crippen LogP contribution in [0.1, 0.15) is 24.1 Å². The van der Waals surface area contributed by atoms with Crippen molar-refractivity contribution in [3.05, 3.63) is 52.0 Å². The highest BCUT2D eigenvalue weighted by Gasteiger charge is 2.13. The molecule has 0 saturated heterocycles. The molecule has 2 rings (SSSR count). The first-order valence-electron chi connectivity index (χ1n) is 5.99. The lowest BCUT2D eigenvalue weighted by Crippen LogP contribution is -2.08. The normalized spacial score (nSPS) is 11.7. The van der Waals surface area contributed by atoms with Gasteiger partial charge in [0.2, 0.25) is 0 Å². The molecule has 3 N–H and O–H groups in total. The molecule has 0 aromatic heterocycles. The van der Waals surface area contributed by atoms with Crippen LogP contribution in [0.25, 0.3) is 0 Å². The molecule has 0 radical (unpaired) electrons. The van der Waals surface area contributed by atoms with Gasteiger partial charge >= 0.3 is 0 Å². The number of halogens is 1. The average Bonchev–Trinajstić information content (AvgIpc) is 2.38. The molecule has 0 bridgehead atoms. The first kappa shape index (κ1) is 14.2. The highest BCUT2D eigenvalue weighted by Crippen LogP contribution is 2.31. The van der Waals surface area contributed by atoms with Gasteiger partial charge in [0.15, 0.2) is 0 Å². The third kappa shape index (κ3) is 3.03. The number of hydrogen-bond acceptors (Lipinski definition) is 4. The molecule has 0 spiro atoms. The second kappa shape index (κ2) is 5.85. The predicted octanol–water partition coefficient (Wildman–Crippen LogP) is 3.91. The van der Waals surface area contributed by atoms with E-state index in [-0.39, 0.29) is 17.5 Å². The third-order valence-electron chi connectivity index (χ3n) is 2.95. The summed E-state index contributed by atoms with van der Waals surface area (Å²) in [7, 11) is 0. The van der Waals surface area contributed by atoms with Gasteiger partial charge in [-0.1, -0.05) is 15.9 Å². The largest absolute Gasteiger partial charge is 0.508 e. The van der Waals surface area contributed by atoms with Crippen LogP contribution in [0.2, 0.25) is 0 Å². The molecule has 1 atom stereocenters. The number of hydrogen-bond donors (Lipinski definition) is 3. The van der Waals surface area contributed by atoms with Crippen LogP contribution in [0.4, 0.5) is 5.69 Å². The maximum absolute atomic E-state index is 9.85. The minimum absolute atomic E-state index is 0.0125. The van der Waals surface area contributed by atoms with Crippen LogP contribution in [-0.2, 0) is 0 Å². The Kier molecular flexibility index (Phi) is 4.16. The van der Waals surface area contributed by atoms with Crippen molar-refractivity contribution in [1.82, 2.24) is 0 Å². The second-order valence-electron chi connectivity index (χ2n) is 4.41. The van der Waals surface area contributed by atoms with Gasteiger partial charge in [0, 0.05) is 16.1 Å². The molecule has 4 nitrogen and oxygen atoms in total. The highest BCUT2D eigenvalue weighted by atomic mass is 79.9. The van der Waals surface area contributed by atoms with Crippen molar-refractivity contribution >= 4 is 21.6 Å². The van der Waals surface area contributed by atoms with Gasteiger partial charge in [-0.15, -0.1) is 0 Å². The summed E-state index contributed by atoms with van der Waals surface area (Å²) in [6, 6.07) is 11.7. The average molecular weight is 333 g/mol. The fourth-order valence-corrected chi connectivity index (χ4v) is 2.30. The molecule has 102 valence electrons. The van der Waals surface area contributed by atoms with E-state index in [0.717, 1.165) is 4.47 Å². The molecule has 0 aliphatic heterocycles. The van der Waals surface area contributed by atoms with Gasteiger partial charge in [-0.2, -0.15) is 5.26 Å². The van der Waals surface area contributed by atoms with Gasteiger partial charge in [0.1, 0.15) is 17.6 Å². The predicted molar refractivity (Wildman–Crippen MR) is 80.7 cm³/mol. The Balaban J connectivity index is 2.30. The van der Waals surface area contributed by atoms with E-state index < -0.39 is 0 Å². The van der Waals surface area contributed by atoms with E-state index in [1.807, 2.05) is 13.0 Å². The van der Waals surface area contributed by atoms with E-state index >= 15 is 0 Å². The number of nitrogens with one attached hydrogen (secondary N) is 1. The van der Waals surface area contributed by atoms with Crippen LogP contribution in [0, 0.1) is 11.3 Å². The van der Waals surface area contributed by atoms with E-state index in [1.54, 1.807) is 18.2 Å². The number of nitrogens with zero attached hydrogens (tertiary/aromatic N) is 1. The number of aromatic hydroxyl groups is 2. The van der Waals surface area contributed by atoms with Crippen LogP contribution in [0.3, 0.4) is 0 Å². The van der Waals surface area contributed by atoms with E-state index in [4.69, 9.17) is 5.26 Å². The Morgan fingerprint density at radius 2 is 1.95 bits per heavy atom. The second-order valence-corrected chi connectivity index (χ2v) is 5.33. The molecule has 0 aliphatic carbocycles. The summed E-state index contributed by atoms with van der Waals surface area (Å²) in [5.74, 6) is 0.0251. The highest BCUT2D eigenvalue weighted by molar-refractivity contribution is 9.10. The summed E-state index contributed by atoms with van der Waals surface area (Å²) in [5, 5.41) is 31.4. The first-order chi connectivity index (χ1) is 9.51. The molecular weight excluding hydrogens is 320 g/mol. The number of phenolic OH excluding ortho intramolecular Hbond substituents is 2. The number of anilines is 1. The number of benzene rings is 2. The van der Waals surface area contributed by atoms with Gasteiger partial charge in [-0.05, 0) is 37.3 Å². The van der Waals surface area contributed by atoms with Gasteiger partial charge in [-0.3, -0.25) is 0 Å². The summed E-state index contributed by atoms with van der Waals surface area (Å²) < 4.78 is 0.862. The van der Waals surface area contributed by atoms with E-state index in [9.17, 15) is 10.2 Å². The summed E-state index contributed by atoms with van der Waals surface area (Å²) in [4.78, 5) is 0. The van der Waals surface area contributed by atoms with Crippen LogP contribution in [-0.4, -0.2) is 10.2 Å². The topological polar surface area (TPSA) is 76.3 Å². The van der Waals surface area contributed by atoms with E-state index in [2.05, 4.69) is 27.3 Å². The molecule has 0 aliphatic rings. The zero-order valence-electron chi connectivity index (χ0n) is 10.8. The lowest BCUT2D eigenvalue weighted by molar-refractivity contribution is 0.444. The zero-order chi connectivity index (χ0) is 14.7. The van der Waals surface area contributed by atoms with Gasteiger partial charge in [0.05, 0.1) is 17.3 Å². The molecule has 2 aromatic rings. The Hall–Kier alpha value is -2.19. The van der Waals surface area contributed by atoms with Crippen LogP contribution >= 0.6 is 15.9 Å². The number of phenols is 2. The lowest BCUT2D eigenvalue weighted by Gasteiger charge is -2.18. The molecule has 0 amide bonds. The summed E-state index contributed by atoms with van der Waals surface area (Å²) >= 11 is 3.36. The lowest BCUT2D eigenvalue weighted by atomic mass is 10.1. The monoisotopic (exact) mass is 332 g/mol. The van der Waals surface area contributed by atoms with Crippen molar-refractivity contribution in [2.75, 3.05) is 5.32 Å². The molecule has 20 heavy (non-hydrogen) atoms. The molecule has 0 saturated carbocycles. The van der Waals surface area contributed by atoms with Crippen LogP contribution in [0.5, 0.6) is 11.5 Å². The Bertz CT molecular complexity index is 680. The molecule has 0 heterocycles. The van der Waals surface area contributed by atoms with Crippen molar-refractivity contribution in [3.63, 3.8) is 0 Å². The summed E-state index contributed by atoms with van der Waals surface area (Å²) in [6.07, 6.45) is 0. The van der Waals surface area contributed by atoms with Crippen molar-refractivity contribution in [2.45, 2.75) is 13.0 Å². The van der Waals surface area contributed by atoms with E-state index in [0.29, 0.717) is 16.8 Å². The van der Waals surface area contributed by atoms with Gasteiger partial charge < -0.3 is 15.5 Å². The SMILES string of the molecule is CC(Nc1cc(Br)ccc1C#N)c1ccc(O)cc1O. The standard InChI is InChI=1S/C15H13BrN2O2/c1-9(13-5-4-12(19)7-15(13)20)18-14-6-11(16)3-2-10(14)8-17/h2-7,9,18-20H,1H3. The number of nitriles is 1. The Labute approximate surface area is 125 Å². The first-order valence-corrected chi connectivity index (χ1v) is 6.78. The van der Waals surface area contributed by atoms with Crippen molar-refractivity contribution in [3.8, 4) is 17.6 Å². The molecular formula is C15H13BrN2O2. The Morgan fingerprint density at radius 1 is 1.20 bits per heavy atom. The molecule has 5 heteroatoms. The van der Waals surface area contributed by atoms with Gasteiger partial charge in [0.25, 0.3) is 0 Å². The quantitative estimate of drug-likeness (QED) is 0.796. The summed E-state index contributed by atoms with van der Waals surface area (Å²) in [5.41, 5.74) is 1.85. The molecule has 2 aromatic carbocycles. The zero-order valence-corrected chi connectivity index (χ0v) is 12.3. The smallest absolute Gasteiger partial charge is 0.124 e. The van der Waals surface area contributed by atoms with Crippen LogP contribution < -0.4 is 5.32 Å².